The van der Waals surface area contributed by atoms with Crippen LogP contribution >= 0.6 is 0 Å². The second-order valence-electron chi connectivity index (χ2n) is 9.50. The van der Waals surface area contributed by atoms with Crippen molar-refractivity contribution in [3.63, 3.8) is 0 Å². The normalized spacial score (nSPS) is 15.4. The van der Waals surface area contributed by atoms with Gasteiger partial charge in [-0.3, -0.25) is 9.59 Å². The van der Waals surface area contributed by atoms with Crippen molar-refractivity contribution >= 4 is 17.8 Å². The maximum absolute atomic E-state index is 13.9. The number of piperazine rings is 1. The van der Waals surface area contributed by atoms with Gasteiger partial charge in [-0.05, 0) is 37.1 Å². The lowest BCUT2D eigenvalue weighted by atomic mass is 10.00. The van der Waals surface area contributed by atoms with Gasteiger partial charge in [-0.25, -0.2) is 14.8 Å². The van der Waals surface area contributed by atoms with Crippen LogP contribution in [0.1, 0.15) is 63.6 Å². The van der Waals surface area contributed by atoms with Crippen molar-refractivity contribution in [2.24, 2.45) is 0 Å². The fraction of sp³-hybridized carbons (Fsp3) is 0.345. The molecule has 3 aromatic rings. The maximum atomic E-state index is 13.9. The highest BCUT2D eigenvalue weighted by molar-refractivity contribution is 6.05. The van der Waals surface area contributed by atoms with E-state index in [9.17, 15) is 14.4 Å². The van der Waals surface area contributed by atoms with E-state index in [2.05, 4.69) is 9.97 Å². The van der Waals surface area contributed by atoms with E-state index in [4.69, 9.17) is 9.47 Å². The second-order valence-corrected chi connectivity index (χ2v) is 9.50. The van der Waals surface area contributed by atoms with Crippen LogP contribution in [-0.2, 0) is 4.74 Å². The zero-order valence-corrected chi connectivity index (χ0v) is 22.3. The van der Waals surface area contributed by atoms with E-state index in [0.717, 1.165) is 5.56 Å². The van der Waals surface area contributed by atoms with Crippen LogP contribution < -0.4 is 4.74 Å². The van der Waals surface area contributed by atoms with Crippen LogP contribution in [0, 0.1) is 0 Å². The van der Waals surface area contributed by atoms with Crippen molar-refractivity contribution in [3.05, 3.63) is 77.1 Å². The van der Waals surface area contributed by atoms with Gasteiger partial charge in [0, 0.05) is 36.8 Å². The Hall–Kier alpha value is -4.27. The van der Waals surface area contributed by atoms with E-state index >= 15 is 0 Å². The lowest BCUT2D eigenvalue weighted by Crippen LogP contribution is -2.55. The molecule has 4 rings (SSSR count). The number of ether oxygens (including phenoxy) is 2. The molecule has 2 heterocycles. The van der Waals surface area contributed by atoms with Crippen molar-refractivity contribution in [3.8, 4) is 17.1 Å². The average molecular weight is 517 g/mol. The molecule has 9 nitrogen and oxygen atoms in total. The molecule has 0 N–H and O–H groups in total. The summed E-state index contributed by atoms with van der Waals surface area (Å²) in [6, 6.07) is 16.0. The minimum atomic E-state index is -0.655. The fourth-order valence-corrected chi connectivity index (χ4v) is 4.56. The Morgan fingerprint density at radius 3 is 2.18 bits per heavy atom. The van der Waals surface area contributed by atoms with Gasteiger partial charge in [-0.15, -0.1) is 0 Å². The van der Waals surface area contributed by atoms with Gasteiger partial charge in [-0.2, -0.15) is 0 Å². The number of carbonyl (C=O) groups excluding carboxylic acids is 3. The molecule has 0 aliphatic carbocycles. The van der Waals surface area contributed by atoms with Crippen molar-refractivity contribution in [2.45, 2.75) is 32.7 Å². The lowest BCUT2D eigenvalue weighted by molar-refractivity contribution is 0.0408. The molecule has 2 aromatic carbocycles. The molecule has 38 heavy (non-hydrogen) atoms. The molecule has 0 bridgehead atoms. The van der Waals surface area contributed by atoms with Crippen molar-refractivity contribution in [1.82, 2.24) is 19.8 Å². The zero-order chi connectivity index (χ0) is 27.4. The first-order valence-corrected chi connectivity index (χ1v) is 12.5. The number of esters is 1. The molecule has 0 saturated carbocycles. The molecule has 0 spiro atoms. The Balaban J connectivity index is 1.65. The predicted octanol–water partition coefficient (Wildman–Crippen LogP) is 4.05. The van der Waals surface area contributed by atoms with E-state index in [-0.39, 0.29) is 29.1 Å². The van der Waals surface area contributed by atoms with Gasteiger partial charge < -0.3 is 19.3 Å². The monoisotopic (exact) mass is 516 g/mol. The molecule has 1 fully saturated rings. The van der Waals surface area contributed by atoms with E-state index < -0.39 is 11.9 Å². The number of carbonyl (C=O) groups is 3. The fourth-order valence-electron chi connectivity index (χ4n) is 4.56. The number of hydrogen-bond acceptors (Lipinski definition) is 7. The SMILES string of the molecule is COC(=O)c1c(C(=O)N2CCN(C(=O)c3ccc(OC)cc3)C(C)C2)nc(-c2ccccc2)nc1C(C)C. The first-order valence-electron chi connectivity index (χ1n) is 12.5. The molecule has 198 valence electrons. The van der Waals surface area contributed by atoms with Crippen molar-refractivity contribution in [2.75, 3.05) is 33.9 Å². The molecule has 9 heteroatoms. The quantitative estimate of drug-likeness (QED) is 0.456. The first kappa shape index (κ1) is 26.8. The Kier molecular flexibility index (Phi) is 8.05. The number of benzene rings is 2. The second kappa shape index (κ2) is 11.4. The van der Waals surface area contributed by atoms with Crippen molar-refractivity contribution in [1.29, 1.82) is 0 Å². The summed E-state index contributed by atoms with van der Waals surface area (Å²) in [5, 5.41) is 0. The Labute approximate surface area is 222 Å². The number of methoxy groups -OCH3 is 2. The van der Waals surface area contributed by atoms with E-state index in [0.29, 0.717) is 42.5 Å². The molecular formula is C29H32N4O5. The number of aromatic nitrogens is 2. The molecule has 1 unspecified atom stereocenters. The summed E-state index contributed by atoms with van der Waals surface area (Å²) in [7, 11) is 2.85. The highest BCUT2D eigenvalue weighted by Crippen LogP contribution is 2.27. The summed E-state index contributed by atoms with van der Waals surface area (Å²) < 4.78 is 10.2. The third kappa shape index (κ3) is 5.37. The minimum absolute atomic E-state index is 0.0107. The van der Waals surface area contributed by atoms with Crippen LogP contribution in [0.25, 0.3) is 11.4 Å². The van der Waals surface area contributed by atoms with Gasteiger partial charge in [-0.1, -0.05) is 44.2 Å². The number of hydrogen-bond donors (Lipinski definition) is 0. The summed E-state index contributed by atoms with van der Waals surface area (Å²) in [5.74, 6) is -0.274. The lowest BCUT2D eigenvalue weighted by Gasteiger charge is -2.40. The molecule has 1 aliphatic rings. The van der Waals surface area contributed by atoms with Gasteiger partial charge in [0.1, 0.15) is 17.0 Å². The van der Waals surface area contributed by atoms with Gasteiger partial charge in [0.2, 0.25) is 0 Å². The molecular weight excluding hydrogens is 484 g/mol. The minimum Gasteiger partial charge on any atom is -0.497 e. The standard InChI is InChI=1S/C29H32N4O5/c1-18(2)24-23(29(36)38-5)25(31-26(30-24)20-9-7-6-8-10-20)28(35)32-15-16-33(19(3)17-32)27(34)21-11-13-22(37-4)14-12-21/h6-14,18-19H,15-17H2,1-5H3. The third-order valence-electron chi connectivity index (χ3n) is 6.62. The molecule has 0 radical (unpaired) electrons. The van der Waals surface area contributed by atoms with Crippen LogP contribution in [0.4, 0.5) is 0 Å². The first-order chi connectivity index (χ1) is 18.2. The Morgan fingerprint density at radius 2 is 1.61 bits per heavy atom. The van der Waals surface area contributed by atoms with Gasteiger partial charge in [0.25, 0.3) is 11.8 Å². The van der Waals surface area contributed by atoms with Gasteiger partial charge >= 0.3 is 5.97 Å². The zero-order valence-electron chi connectivity index (χ0n) is 22.3. The molecule has 1 aromatic heterocycles. The number of rotatable bonds is 6. The Bertz CT molecular complexity index is 1320. The van der Waals surface area contributed by atoms with Gasteiger partial charge in [0.15, 0.2) is 5.82 Å². The number of amides is 2. The summed E-state index contributed by atoms with van der Waals surface area (Å²) in [4.78, 5) is 52.5. The predicted molar refractivity (Wildman–Crippen MR) is 142 cm³/mol. The smallest absolute Gasteiger partial charge is 0.342 e. The van der Waals surface area contributed by atoms with E-state index in [1.165, 1.54) is 7.11 Å². The number of nitrogens with zero attached hydrogens (tertiary/aromatic N) is 4. The highest BCUT2D eigenvalue weighted by atomic mass is 16.5. The molecule has 1 saturated heterocycles. The van der Waals surface area contributed by atoms with Gasteiger partial charge in [0.05, 0.1) is 19.9 Å². The van der Waals surface area contributed by atoms with Crippen molar-refractivity contribution < 1.29 is 23.9 Å². The summed E-state index contributed by atoms with van der Waals surface area (Å²) >= 11 is 0. The largest absolute Gasteiger partial charge is 0.497 e. The van der Waals surface area contributed by atoms with Crippen LogP contribution in [0.2, 0.25) is 0 Å². The summed E-state index contributed by atoms with van der Waals surface area (Å²) in [6.07, 6.45) is 0. The molecule has 1 aliphatic heterocycles. The maximum Gasteiger partial charge on any atom is 0.342 e. The van der Waals surface area contributed by atoms with Crippen LogP contribution in [0.3, 0.4) is 0 Å². The summed E-state index contributed by atoms with van der Waals surface area (Å²) in [6.45, 7) is 6.65. The van der Waals surface area contributed by atoms with Crippen LogP contribution in [-0.4, -0.2) is 77.4 Å². The average Bonchev–Trinajstić information content (AvgIpc) is 2.95. The molecule has 2 amide bonds. The van der Waals surface area contributed by atoms with Crippen LogP contribution in [0.5, 0.6) is 5.75 Å². The van der Waals surface area contributed by atoms with E-state index in [1.807, 2.05) is 51.1 Å². The van der Waals surface area contributed by atoms with E-state index in [1.54, 1.807) is 41.2 Å². The third-order valence-corrected chi connectivity index (χ3v) is 6.62. The topological polar surface area (TPSA) is 102 Å². The summed E-state index contributed by atoms with van der Waals surface area (Å²) in [5.41, 5.74) is 1.84. The molecule has 1 atom stereocenters. The Morgan fingerprint density at radius 1 is 0.921 bits per heavy atom. The van der Waals surface area contributed by atoms with Crippen LogP contribution in [0.15, 0.2) is 54.6 Å². The highest BCUT2D eigenvalue weighted by Gasteiger charge is 2.35.